The van der Waals surface area contributed by atoms with E-state index in [0.29, 0.717) is 0 Å². The van der Waals surface area contributed by atoms with Crippen LogP contribution in [0.4, 0.5) is 0 Å². The van der Waals surface area contributed by atoms with Gasteiger partial charge in [-0.15, -0.1) is 0 Å². The zero-order valence-corrected chi connectivity index (χ0v) is 9.40. The molecule has 1 heterocycles. The van der Waals surface area contributed by atoms with Crippen molar-refractivity contribution in [3.63, 3.8) is 0 Å². The summed E-state index contributed by atoms with van der Waals surface area (Å²) >= 11 is 0. The fourth-order valence-corrected chi connectivity index (χ4v) is 1.88. The van der Waals surface area contributed by atoms with Crippen molar-refractivity contribution < 1.29 is 9.47 Å². The summed E-state index contributed by atoms with van der Waals surface area (Å²) in [4.78, 5) is 2.32. The molecule has 14 heavy (non-hydrogen) atoms. The minimum absolute atomic E-state index is 0.198. The molecule has 1 rings (SSSR count). The Hall–Kier alpha value is -0.160. The van der Waals surface area contributed by atoms with E-state index in [4.69, 9.17) is 15.2 Å². The van der Waals surface area contributed by atoms with Crippen molar-refractivity contribution in [1.29, 1.82) is 0 Å². The van der Waals surface area contributed by atoms with Crippen LogP contribution in [0, 0.1) is 0 Å². The molecule has 0 aromatic heterocycles. The summed E-state index contributed by atoms with van der Waals surface area (Å²) in [6, 6.07) is 0.267. The number of hydrogen-bond acceptors (Lipinski definition) is 4. The van der Waals surface area contributed by atoms with Gasteiger partial charge in [-0.05, 0) is 6.42 Å². The van der Waals surface area contributed by atoms with Gasteiger partial charge in [0.25, 0.3) is 0 Å². The molecule has 0 aliphatic carbocycles. The van der Waals surface area contributed by atoms with Crippen LogP contribution in [0.2, 0.25) is 0 Å². The first-order valence-electron chi connectivity index (χ1n) is 5.24. The second-order valence-electron chi connectivity index (χ2n) is 3.94. The van der Waals surface area contributed by atoms with Crippen LogP contribution in [0.3, 0.4) is 0 Å². The second kappa shape index (κ2) is 5.66. The van der Waals surface area contributed by atoms with Gasteiger partial charge in [0.1, 0.15) is 0 Å². The van der Waals surface area contributed by atoms with Gasteiger partial charge >= 0.3 is 0 Å². The Balaban J connectivity index is 2.37. The molecule has 0 bridgehead atoms. The average Bonchev–Trinajstić information content (AvgIpc) is 2.59. The Labute approximate surface area is 86.3 Å². The summed E-state index contributed by atoms with van der Waals surface area (Å²) < 4.78 is 10.7. The van der Waals surface area contributed by atoms with Crippen LogP contribution in [0.5, 0.6) is 0 Å². The molecule has 0 amide bonds. The van der Waals surface area contributed by atoms with Gasteiger partial charge in [0, 0.05) is 39.9 Å². The van der Waals surface area contributed by atoms with E-state index in [0.717, 1.165) is 26.1 Å². The molecule has 4 nitrogen and oxygen atoms in total. The van der Waals surface area contributed by atoms with E-state index in [1.54, 1.807) is 14.2 Å². The highest BCUT2D eigenvalue weighted by Gasteiger charge is 2.33. The van der Waals surface area contributed by atoms with Crippen molar-refractivity contribution in [3.05, 3.63) is 0 Å². The lowest BCUT2D eigenvalue weighted by atomic mass is 10.2. The maximum absolute atomic E-state index is 5.90. The third-order valence-electron chi connectivity index (χ3n) is 2.91. The zero-order valence-electron chi connectivity index (χ0n) is 9.40. The van der Waals surface area contributed by atoms with Gasteiger partial charge in [-0.2, -0.15) is 0 Å². The van der Waals surface area contributed by atoms with E-state index < -0.39 is 0 Å². The number of methoxy groups -OCH3 is 2. The number of likely N-dealkylation sites (tertiary alicyclic amines) is 1. The third-order valence-corrected chi connectivity index (χ3v) is 2.91. The van der Waals surface area contributed by atoms with Gasteiger partial charge in [0.15, 0.2) is 0 Å². The fourth-order valence-electron chi connectivity index (χ4n) is 1.88. The van der Waals surface area contributed by atoms with Crippen molar-refractivity contribution in [2.75, 3.05) is 33.9 Å². The Morgan fingerprint density at radius 2 is 1.79 bits per heavy atom. The molecule has 1 aliphatic heterocycles. The summed E-state index contributed by atoms with van der Waals surface area (Å²) in [7, 11) is 3.47. The minimum atomic E-state index is 0.198. The van der Waals surface area contributed by atoms with Gasteiger partial charge in [0.05, 0.1) is 12.2 Å². The first-order valence-corrected chi connectivity index (χ1v) is 5.24. The summed E-state index contributed by atoms with van der Waals surface area (Å²) in [5.41, 5.74) is 5.90. The van der Waals surface area contributed by atoms with Gasteiger partial charge in [-0.1, -0.05) is 6.92 Å². The smallest absolute Gasteiger partial charge is 0.0971 e. The van der Waals surface area contributed by atoms with Crippen LogP contribution < -0.4 is 5.73 Å². The number of rotatable bonds is 5. The van der Waals surface area contributed by atoms with Gasteiger partial charge in [0.2, 0.25) is 0 Å². The lowest BCUT2D eigenvalue weighted by molar-refractivity contribution is -0.00461. The first-order chi connectivity index (χ1) is 6.71. The highest BCUT2D eigenvalue weighted by molar-refractivity contribution is 4.86. The number of hydrogen-bond donors (Lipinski definition) is 1. The van der Waals surface area contributed by atoms with Crippen molar-refractivity contribution >= 4 is 0 Å². The lowest BCUT2D eigenvalue weighted by Gasteiger charge is -2.19. The quantitative estimate of drug-likeness (QED) is 0.685. The normalized spacial score (nSPS) is 30.9. The van der Waals surface area contributed by atoms with E-state index in [9.17, 15) is 0 Å². The highest BCUT2D eigenvalue weighted by atomic mass is 16.5. The summed E-state index contributed by atoms with van der Waals surface area (Å²) in [5, 5.41) is 0. The van der Waals surface area contributed by atoms with E-state index in [1.807, 2.05) is 0 Å². The van der Waals surface area contributed by atoms with Crippen LogP contribution in [-0.4, -0.2) is 57.0 Å². The Kier molecular flexibility index (Phi) is 4.81. The van der Waals surface area contributed by atoms with Crippen LogP contribution in [-0.2, 0) is 9.47 Å². The summed E-state index contributed by atoms with van der Waals surface area (Å²) in [6.07, 6.45) is 1.42. The Morgan fingerprint density at radius 1 is 1.29 bits per heavy atom. The zero-order chi connectivity index (χ0) is 10.6. The molecule has 3 unspecified atom stereocenters. The molecule has 3 atom stereocenters. The lowest BCUT2D eigenvalue weighted by Crippen LogP contribution is -2.36. The molecule has 1 aliphatic rings. The molecule has 2 N–H and O–H groups in total. The maximum atomic E-state index is 5.90. The molecule has 0 radical (unpaired) electrons. The Bertz CT molecular complexity index is 154. The van der Waals surface area contributed by atoms with Gasteiger partial charge < -0.3 is 15.2 Å². The molecule has 0 spiro atoms. The molecule has 0 saturated carbocycles. The van der Waals surface area contributed by atoms with E-state index >= 15 is 0 Å². The highest BCUT2D eigenvalue weighted by Crippen LogP contribution is 2.15. The van der Waals surface area contributed by atoms with Crippen LogP contribution in [0.25, 0.3) is 0 Å². The van der Waals surface area contributed by atoms with Crippen LogP contribution >= 0.6 is 0 Å². The van der Waals surface area contributed by atoms with Crippen molar-refractivity contribution in [2.24, 2.45) is 5.73 Å². The van der Waals surface area contributed by atoms with Gasteiger partial charge in [-0.3, -0.25) is 4.90 Å². The monoisotopic (exact) mass is 202 g/mol. The van der Waals surface area contributed by atoms with E-state index in [-0.39, 0.29) is 18.2 Å². The molecule has 0 aromatic rings. The van der Waals surface area contributed by atoms with Gasteiger partial charge in [-0.25, -0.2) is 0 Å². The predicted octanol–water partition coefficient (Wildman–Crippen LogP) is 0.0693. The van der Waals surface area contributed by atoms with Crippen molar-refractivity contribution in [3.8, 4) is 0 Å². The largest absolute Gasteiger partial charge is 0.377 e. The van der Waals surface area contributed by atoms with E-state index in [1.165, 1.54) is 0 Å². The molecule has 4 heteroatoms. The van der Waals surface area contributed by atoms with Crippen LogP contribution in [0.1, 0.15) is 13.3 Å². The molecule has 1 saturated heterocycles. The first kappa shape index (κ1) is 11.9. The summed E-state index contributed by atoms with van der Waals surface area (Å²) in [5.74, 6) is 0. The Morgan fingerprint density at radius 3 is 2.14 bits per heavy atom. The average molecular weight is 202 g/mol. The number of ether oxygens (including phenoxy) is 2. The minimum Gasteiger partial charge on any atom is -0.377 e. The van der Waals surface area contributed by atoms with Crippen molar-refractivity contribution in [1.82, 2.24) is 4.90 Å². The summed E-state index contributed by atoms with van der Waals surface area (Å²) in [6.45, 7) is 4.92. The third kappa shape index (κ3) is 2.92. The van der Waals surface area contributed by atoms with E-state index in [2.05, 4.69) is 11.8 Å². The second-order valence-corrected chi connectivity index (χ2v) is 3.94. The van der Waals surface area contributed by atoms with Crippen molar-refractivity contribution in [2.45, 2.75) is 31.6 Å². The number of nitrogens with zero attached hydrogens (tertiary/aromatic N) is 1. The SMILES string of the molecule is CCC(N)CN1CC(OC)C(OC)C1. The molecule has 84 valence electrons. The maximum Gasteiger partial charge on any atom is 0.0971 e. The predicted molar refractivity (Wildman–Crippen MR) is 56.3 cm³/mol. The molecular formula is C10H22N2O2. The molecule has 1 fully saturated rings. The standard InChI is InChI=1S/C10H22N2O2/c1-4-8(11)5-12-6-9(13-2)10(7-12)14-3/h8-10H,4-7,11H2,1-3H3. The fraction of sp³-hybridized carbons (Fsp3) is 1.00. The molecule has 0 aromatic carbocycles. The topological polar surface area (TPSA) is 47.7 Å². The molecular weight excluding hydrogens is 180 g/mol. The van der Waals surface area contributed by atoms with Crippen LogP contribution in [0.15, 0.2) is 0 Å². The number of nitrogens with two attached hydrogens (primary N) is 1.